The van der Waals surface area contributed by atoms with Gasteiger partial charge in [-0.1, -0.05) is 12.1 Å². The number of hydrogen-bond donors (Lipinski definition) is 4. The normalized spacial score (nSPS) is 18.4. The first-order valence-electron chi connectivity index (χ1n) is 15.4. The summed E-state index contributed by atoms with van der Waals surface area (Å²) in [6, 6.07) is 4.01. The van der Waals surface area contributed by atoms with Gasteiger partial charge in [-0.2, -0.15) is 0 Å². The number of likely N-dealkylation sites (N-methyl/N-ethyl adjacent to an activating group) is 1. The van der Waals surface area contributed by atoms with Gasteiger partial charge in [0.15, 0.2) is 6.29 Å². The molecule has 2 saturated heterocycles. The third-order valence-corrected chi connectivity index (χ3v) is 8.54. The second-order valence-corrected chi connectivity index (χ2v) is 13.2. The second kappa shape index (κ2) is 18.2. The molecular formula is C30H46N6O9S. The molecule has 3 rings (SSSR count). The Bertz CT molecular complexity index is 1210. The first kappa shape index (κ1) is 37.2. The Kier molecular flexibility index (Phi) is 14.7. The molecule has 0 saturated carbocycles. The van der Waals surface area contributed by atoms with Crippen molar-refractivity contribution in [2.75, 3.05) is 65.0 Å². The van der Waals surface area contributed by atoms with Crippen molar-refractivity contribution >= 4 is 47.3 Å². The van der Waals surface area contributed by atoms with Crippen LogP contribution in [0.5, 0.6) is 0 Å². The quantitative estimate of drug-likeness (QED) is 0.0848. The second-order valence-electron chi connectivity index (χ2n) is 11.9. The first-order chi connectivity index (χ1) is 21.9. The zero-order chi connectivity index (χ0) is 33.7. The number of carbonyl (C=O) groups excluding carboxylic acids is 5. The highest BCUT2D eigenvalue weighted by molar-refractivity contribution is 7.87. The molecule has 256 valence electrons. The van der Waals surface area contributed by atoms with Gasteiger partial charge in [0.25, 0.3) is 5.91 Å². The molecule has 0 aliphatic carbocycles. The summed E-state index contributed by atoms with van der Waals surface area (Å²) < 4.78 is 33.8. The predicted octanol–water partition coefficient (Wildman–Crippen LogP) is 0.979. The Morgan fingerprint density at radius 2 is 1.76 bits per heavy atom. The summed E-state index contributed by atoms with van der Waals surface area (Å²) in [7, 11) is 1.47. The lowest BCUT2D eigenvalue weighted by Crippen LogP contribution is -2.53. The molecule has 2 unspecified atom stereocenters. The van der Waals surface area contributed by atoms with Crippen LogP contribution in [0.25, 0.3) is 0 Å². The standard InChI is InChI=1S/C30H46N6O9S/c1-30(2,3)45-29(41)33-22-10-14-36(15-11-22)46(42)32-13-17-44-19-18-43-16-12-31-23-7-5-6-21(20-37)26(23)28(40)35(4)24-8-9-25(38)34-27(24)39/h5-7,20,22,24,31-32H,8-19H2,1-4H3,(H,33,41)(H,34,38,39). The molecule has 4 N–H and O–H groups in total. The molecule has 2 atom stereocenters. The minimum Gasteiger partial charge on any atom is -0.579 e. The van der Waals surface area contributed by atoms with Crippen molar-refractivity contribution < 1.29 is 42.7 Å². The molecule has 0 radical (unpaired) electrons. The van der Waals surface area contributed by atoms with Crippen molar-refractivity contribution in [2.24, 2.45) is 0 Å². The van der Waals surface area contributed by atoms with E-state index in [4.69, 9.17) is 14.2 Å². The highest BCUT2D eigenvalue weighted by atomic mass is 32.2. The fraction of sp³-hybridized carbons (Fsp3) is 0.633. The topological polar surface area (TPSA) is 191 Å². The fourth-order valence-electron chi connectivity index (χ4n) is 4.94. The largest absolute Gasteiger partial charge is 0.579 e. The number of amides is 4. The molecule has 16 heteroatoms. The van der Waals surface area contributed by atoms with Gasteiger partial charge >= 0.3 is 6.09 Å². The van der Waals surface area contributed by atoms with Crippen LogP contribution < -0.4 is 20.7 Å². The molecular weight excluding hydrogens is 620 g/mol. The summed E-state index contributed by atoms with van der Waals surface area (Å²) in [5, 5.41) is 8.23. The van der Waals surface area contributed by atoms with E-state index in [9.17, 15) is 28.5 Å². The third-order valence-electron chi connectivity index (χ3n) is 7.25. The first-order valence-corrected chi connectivity index (χ1v) is 16.5. The van der Waals surface area contributed by atoms with E-state index in [1.54, 1.807) is 12.1 Å². The Hall–Kier alpha value is -3.28. The van der Waals surface area contributed by atoms with Crippen LogP contribution in [0.1, 0.15) is 67.2 Å². The van der Waals surface area contributed by atoms with E-state index in [-0.39, 0.29) is 35.9 Å². The number of rotatable bonds is 16. The lowest BCUT2D eigenvalue weighted by atomic mass is 10.0. The van der Waals surface area contributed by atoms with Crippen LogP contribution >= 0.6 is 0 Å². The van der Waals surface area contributed by atoms with E-state index >= 15 is 0 Å². The number of aldehydes is 1. The van der Waals surface area contributed by atoms with Crippen molar-refractivity contribution in [1.82, 2.24) is 24.6 Å². The lowest BCUT2D eigenvalue weighted by Gasteiger charge is -2.32. The Labute approximate surface area is 272 Å². The highest BCUT2D eigenvalue weighted by Crippen LogP contribution is 2.23. The zero-order valence-corrected chi connectivity index (χ0v) is 27.7. The van der Waals surface area contributed by atoms with Gasteiger partial charge < -0.3 is 34.3 Å². The highest BCUT2D eigenvalue weighted by Gasteiger charge is 2.34. The number of nitrogens with zero attached hydrogens (tertiary/aromatic N) is 2. The molecule has 2 fully saturated rings. The minimum atomic E-state index is -1.36. The molecule has 0 bridgehead atoms. The Morgan fingerprint density at radius 3 is 2.39 bits per heavy atom. The minimum absolute atomic E-state index is 0.0145. The van der Waals surface area contributed by atoms with Crippen molar-refractivity contribution in [3.05, 3.63) is 29.3 Å². The van der Waals surface area contributed by atoms with Gasteiger partial charge in [0.1, 0.15) is 23.2 Å². The van der Waals surface area contributed by atoms with Crippen LogP contribution in [-0.2, 0) is 35.3 Å². The van der Waals surface area contributed by atoms with Gasteiger partial charge in [0, 0.05) is 50.4 Å². The van der Waals surface area contributed by atoms with Gasteiger partial charge in [0.05, 0.1) is 38.5 Å². The van der Waals surface area contributed by atoms with E-state index in [1.165, 1.54) is 18.0 Å². The van der Waals surface area contributed by atoms with Crippen molar-refractivity contribution in [2.45, 2.75) is 64.1 Å². The van der Waals surface area contributed by atoms with Crippen LogP contribution in [0, 0.1) is 0 Å². The predicted molar refractivity (Wildman–Crippen MR) is 170 cm³/mol. The molecule has 1 aromatic rings. The fourth-order valence-corrected chi connectivity index (χ4v) is 5.92. The van der Waals surface area contributed by atoms with E-state index in [0.717, 1.165) is 0 Å². The molecule has 2 aliphatic heterocycles. The lowest BCUT2D eigenvalue weighted by molar-refractivity contribution is -0.136. The number of carbonyl (C=O) groups is 5. The maximum absolute atomic E-state index is 13.3. The van der Waals surface area contributed by atoms with Gasteiger partial charge in [-0.15, -0.1) is 9.03 Å². The number of hydrogen-bond acceptors (Lipinski definition) is 12. The average Bonchev–Trinajstić information content (AvgIpc) is 3.00. The summed E-state index contributed by atoms with van der Waals surface area (Å²) in [6.07, 6.45) is 1.83. The SMILES string of the molecule is CN(C(=O)c1c(C=O)cccc1NCCOCCOCCN[S+]([O-])N1CCC(NC(=O)OC(C)(C)C)CC1)C1CCC(=O)NC1=O. The van der Waals surface area contributed by atoms with Crippen molar-refractivity contribution in [1.29, 1.82) is 0 Å². The van der Waals surface area contributed by atoms with Crippen LogP contribution in [0.4, 0.5) is 10.5 Å². The summed E-state index contributed by atoms with van der Waals surface area (Å²) in [4.78, 5) is 62.0. The van der Waals surface area contributed by atoms with Crippen molar-refractivity contribution in [3.8, 4) is 0 Å². The van der Waals surface area contributed by atoms with E-state index in [2.05, 4.69) is 20.7 Å². The number of ether oxygens (including phenoxy) is 3. The molecule has 2 heterocycles. The number of anilines is 1. The van der Waals surface area contributed by atoms with Gasteiger partial charge in [-0.3, -0.25) is 24.5 Å². The van der Waals surface area contributed by atoms with Gasteiger partial charge in [-0.05, 0) is 46.1 Å². The van der Waals surface area contributed by atoms with E-state index < -0.39 is 41.1 Å². The average molecular weight is 667 g/mol. The molecule has 2 aliphatic rings. The van der Waals surface area contributed by atoms with Gasteiger partial charge in [-0.25, -0.2) is 4.79 Å². The van der Waals surface area contributed by atoms with E-state index in [0.29, 0.717) is 77.4 Å². The van der Waals surface area contributed by atoms with Crippen LogP contribution in [-0.4, -0.2) is 121 Å². The van der Waals surface area contributed by atoms with Crippen LogP contribution in [0.3, 0.4) is 0 Å². The molecule has 1 aromatic carbocycles. The van der Waals surface area contributed by atoms with Gasteiger partial charge in [0.2, 0.25) is 11.8 Å². The zero-order valence-electron chi connectivity index (χ0n) is 26.9. The Morgan fingerprint density at radius 1 is 1.09 bits per heavy atom. The number of alkyl carbamates (subject to hydrolysis) is 1. The smallest absolute Gasteiger partial charge is 0.407 e. The molecule has 0 spiro atoms. The number of nitrogens with one attached hydrogen (secondary N) is 4. The molecule has 15 nitrogen and oxygen atoms in total. The number of imide groups is 1. The van der Waals surface area contributed by atoms with E-state index in [1.807, 2.05) is 25.1 Å². The van der Waals surface area contributed by atoms with Crippen molar-refractivity contribution in [3.63, 3.8) is 0 Å². The molecule has 4 amide bonds. The monoisotopic (exact) mass is 666 g/mol. The Balaban J connectivity index is 1.29. The maximum Gasteiger partial charge on any atom is 0.407 e. The molecule has 0 aromatic heterocycles. The summed E-state index contributed by atoms with van der Waals surface area (Å²) >= 11 is -1.36. The van der Waals surface area contributed by atoms with Crippen LogP contribution in [0.15, 0.2) is 18.2 Å². The maximum atomic E-state index is 13.3. The molecule has 46 heavy (non-hydrogen) atoms. The van der Waals surface area contributed by atoms with Crippen LogP contribution in [0.2, 0.25) is 0 Å². The number of piperidine rings is 2. The number of benzene rings is 1. The summed E-state index contributed by atoms with van der Waals surface area (Å²) in [5.74, 6) is -1.44. The third kappa shape index (κ3) is 11.8. The summed E-state index contributed by atoms with van der Waals surface area (Å²) in [5.41, 5.74) is 0.190. The summed E-state index contributed by atoms with van der Waals surface area (Å²) in [6.45, 7) is 8.62.